The summed E-state index contributed by atoms with van der Waals surface area (Å²) in [5, 5.41) is 12.7. The number of carboxylic acid groups (broad SMARTS) is 1. The highest BCUT2D eigenvalue weighted by Gasteiger charge is 2.09. The zero-order chi connectivity index (χ0) is 26.0. The molecule has 8 nitrogen and oxygen atoms in total. The summed E-state index contributed by atoms with van der Waals surface area (Å²) >= 11 is 0. The highest BCUT2D eigenvalue weighted by atomic mass is 16.6. The number of hydrogen-bond donors (Lipinski definition) is 1. The first kappa shape index (κ1) is 25.9. The number of esters is 1. The summed E-state index contributed by atoms with van der Waals surface area (Å²) in [4.78, 5) is 23.4. The Balaban J connectivity index is 1.26. The first-order valence-corrected chi connectivity index (χ1v) is 11.8. The van der Waals surface area contributed by atoms with Crippen LogP contribution in [0.15, 0.2) is 72.8 Å². The molecule has 0 aliphatic heterocycles. The fraction of sp³-hybridized carbons (Fsp3) is 0.241. The van der Waals surface area contributed by atoms with E-state index in [-0.39, 0.29) is 12.2 Å². The van der Waals surface area contributed by atoms with E-state index in [9.17, 15) is 9.59 Å². The van der Waals surface area contributed by atoms with Gasteiger partial charge in [0.05, 0.1) is 30.9 Å². The van der Waals surface area contributed by atoms with Crippen LogP contribution in [0.2, 0.25) is 0 Å². The van der Waals surface area contributed by atoms with E-state index in [0.29, 0.717) is 50.1 Å². The number of carbonyl (C=O) groups is 2. The highest BCUT2D eigenvalue weighted by Crippen LogP contribution is 2.24. The molecule has 4 aromatic rings. The van der Waals surface area contributed by atoms with E-state index in [1.165, 1.54) is 0 Å². The molecule has 0 aromatic heterocycles. The van der Waals surface area contributed by atoms with Crippen LogP contribution >= 0.6 is 0 Å². The number of ether oxygens (including phenoxy) is 5. The number of carbonyl (C=O) groups excluding carboxylic acids is 1. The smallest absolute Gasteiger partial charge is 0.338 e. The van der Waals surface area contributed by atoms with Crippen LogP contribution in [0.1, 0.15) is 20.7 Å². The predicted molar refractivity (Wildman–Crippen MR) is 139 cm³/mol. The largest absolute Gasteiger partial charge is 0.490 e. The maximum atomic E-state index is 12.3. The van der Waals surface area contributed by atoms with Gasteiger partial charge in [-0.15, -0.1) is 0 Å². The molecule has 0 unspecified atom stereocenters. The molecule has 0 amide bonds. The van der Waals surface area contributed by atoms with Crippen LogP contribution in [-0.4, -0.2) is 63.8 Å². The predicted octanol–water partition coefficient (Wildman–Crippen LogP) is 4.97. The Morgan fingerprint density at radius 2 is 1.14 bits per heavy atom. The van der Waals surface area contributed by atoms with Gasteiger partial charge in [0.25, 0.3) is 0 Å². The molecule has 0 saturated heterocycles. The van der Waals surface area contributed by atoms with Crippen molar-refractivity contribution < 1.29 is 38.4 Å². The number of aromatic carboxylic acids is 1. The maximum absolute atomic E-state index is 12.3. The molecule has 0 heterocycles. The van der Waals surface area contributed by atoms with Crippen LogP contribution < -0.4 is 9.47 Å². The molecular formula is C29H28O8. The lowest BCUT2D eigenvalue weighted by Gasteiger charge is -2.10. The van der Waals surface area contributed by atoms with Crippen molar-refractivity contribution in [1.82, 2.24) is 0 Å². The van der Waals surface area contributed by atoms with Crippen molar-refractivity contribution in [2.24, 2.45) is 0 Å². The number of fused-ring (bicyclic) bond motifs is 2. The van der Waals surface area contributed by atoms with Gasteiger partial charge in [-0.2, -0.15) is 0 Å². The van der Waals surface area contributed by atoms with Crippen LogP contribution in [0.25, 0.3) is 21.5 Å². The van der Waals surface area contributed by atoms with Gasteiger partial charge in [0.1, 0.15) is 31.3 Å². The van der Waals surface area contributed by atoms with Crippen molar-refractivity contribution in [2.45, 2.75) is 0 Å². The first-order valence-electron chi connectivity index (χ1n) is 11.8. The van der Waals surface area contributed by atoms with E-state index in [0.717, 1.165) is 21.5 Å². The third kappa shape index (κ3) is 7.19. The average molecular weight is 505 g/mol. The fourth-order valence-corrected chi connectivity index (χ4v) is 3.73. The lowest BCUT2D eigenvalue weighted by molar-refractivity contribution is 0.0214. The normalized spacial score (nSPS) is 10.9. The Bertz CT molecular complexity index is 1380. The zero-order valence-corrected chi connectivity index (χ0v) is 20.5. The van der Waals surface area contributed by atoms with Crippen molar-refractivity contribution in [1.29, 1.82) is 0 Å². The van der Waals surface area contributed by atoms with Crippen LogP contribution in [0.5, 0.6) is 11.5 Å². The van der Waals surface area contributed by atoms with Crippen molar-refractivity contribution >= 4 is 33.5 Å². The molecule has 0 radical (unpaired) electrons. The van der Waals surface area contributed by atoms with Gasteiger partial charge in [-0.3, -0.25) is 0 Å². The third-order valence-electron chi connectivity index (χ3n) is 5.62. The monoisotopic (exact) mass is 504 g/mol. The summed E-state index contributed by atoms with van der Waals surface area (Å²) < 4.78 is 27.1. The van der Waals surface area contributed by atoms with Gasteiger partial charge in [-0.1, -0.05) is 24.3 Å². The molecule has 0 bridgehead atoms. The Labute approximate surface area is 214 Å². The van der Waals surface area contributed by atoms with Gasteiger partial charge in [0.2, 0.25) is 0 Å². The molecule has 0 saturated carbocycles. The van der Waals surface area contributed by atoms with Crippen molar-refractivity contribution in [3.8, 4) is 11.5 Å². The molecule has 0 fully saturated rings. The fourth-order valence-electron chi connectivity index (χ4n) is 3.73. The molecule has 0 aliphatic carbocycles. The Morgan fingerprint density at radius 1 is 0.622 bits per heavy atom. The number of hydrogen-bond acceptors (Lipinski definition) is 7. The number of rotatable bonds is 13. The summed E-state index contributed by atoms with van der Waals surface area (Å²) in [5.74, 6) is 0.0234. The molecule has 8 heteroatoms. The van der Waals surface area contributed by atoms with Crippen molar-refractivity contribution in [3.63, 3.8) is 0 Å². The molecule has 192 valence electrons. The average Bonchev–Trinajstić information content (AvgIpc) is 2.92. The van der Waals surface area contributed by atoms with E-state index >= 15 is 0 Å². The molecule has 4 rings (SSSR count). The Kier molecular flexibility index (Phi) is 8.91. The van der Waals surface area contributed by atoms with Crippen LogP contribution in [0.4, 0.5) is 0 Å². The van der Waals surface area contributed by atoms with E-state index < -0.39 is 11.9 Å². The molecule has 0 aliphatic rings. The second kappa shape index (κ2) is 12.7. The Morgan fingerprint density at radius 3 is 1.73 bits per heavy atom. The van der Waals surface area contributed by atoms with E-state index in [1.54, 1.807) is 43.5 Å². The van der Waals surface area contributed by atoms with Crippen LogP contribution in [0, 0.1) is 0 Å². The van der Waals surface area contributed by atoms with Crippen LogP contribution in [0.3, 0.4) is 0 Å². The molecule has 37 heavy (non-hydrogen) atoms. The van der Waals surface area contributed by atoms with Crippen molar-refractivity contribution in [3.05, 3.63) is 83.9 Å². The van der Waals surface area contributed by atoms with E-state index in [4.69, 9.17) is 28.8 Å². The summed E-state index contributed by atoms with van der Waals surface area (Å²) in [6.45, 7) is 2.15. The lowest BCUT2D eigenvalue weighted by atomic mass is 10.1. The summed E-state index contributed by atoms with van der Waals surface area (Å²) in [6, 6.07) is 21.5. The summed E-state index contributed by atoms with van der Waals surface area (Å²) in [7, 11) is 1.60. The van der Waals surface area contributed by atoms with E-state index in [1.807, 2.05) is 36.4 Å². The van der Waals surface area contributed by atoms with Gasteiger partial charge in [-0.05, 0) is 70.1 Å². The quantitative estimate of drug-likeness (QED) is 0.201. The minimum Gasteiger partial charge on any atom is -0.490 e. The SMILES string of the molecule is COCCOCCOC(=O)c1ccc2cc(OCCOc3ccc4cc(C(=O)O)ccc4c3)ccc2c1. The van der Waals surface area contributed by atoms with Crippen LogP contribution in [-0.2, 0) is 14.2 Å². The minimum atomic E-state index is -0.952. The summed E-state index contributed by atoms with van der Waals surface area (Å²) in [5.41, 5.74) is 0.724. The van der Waals surface area contributed by atoms with Gasteiger partial charge in [-0.25, -0.2) is 9.59 Å². The van der Waals surface area contributed by atoms with E-state index in [2.05, 4.69) is 0 Å². The second-order valence-corrected chi connectivity index (χ2v) is 8.19. The topological polar surface area (TPSA) is 101 Å². The molecule has 4 aromatic carbocycles. The number of carboxylic acids is 1. The van der Waals surface area contributed by atoms with Gasteiger partial charge < -0.3 is 28.8 Å². The second-order valence-electron chi connectivity index (χ2n) is 8.19. The van der Waals surface area contributed by atoms with Gasteiger partial charge in [0.15, 0.2) is 0 Å². The molecular weight excluding hydrogens is 476 g/mol. The highest BCUT2D eigenvalue weighted by molar-refractivity contribution is 5.96. The maximum Gasteiger partial charge on any atom is 0.338 e. The Hall–Kier alpha value is -4.14. The standard InChI is InChI=1S/C29H28O8/c1-33-10-11-34-12-13-37-29(32)25-5-3-23-19-27(9-7-21(23)17-25)36-15-14-35-26-8-6-20-16-24(28(30)31)4-2-22(20)18-26/h2-9,16-19H,10-15H2,1H3,(H,30,31). The molecule has 1 N–H and O–H groups in total. The number of benzene rings is 4. The zero-order valence-electron chi connectivity index (χ0n) is 20.5. The first-order chi connectivity index (χ1) is 18.0. The van der Waals surface area contributed by atoms with Crippen molar-refractivity contribution in [2.75, 3.05) is 46.8 Å². The lowest BCUT2D eigenvalue weighted by Crippen LogP contribution is -2.12. The molecule has 0 atom stereocenters. The molecule has 0 spiro atoms. The summed E-state index contributed by atoms with van der Waals surface area (Å²) in [6.07, 6.45) is 0. The third-order valence-corrected chi connectivity index (χ3v) is 5.62. The van der Waals surface area contributed by atoms with Gasteiger partial charge in [0, 0.05) is 7.11 Å². The minimum absolute atomic E-state index is 0.181. The number of methoxy groups -OCH3 is 1. The van der Waals surface area contributed by atoms with Gasteiger partial charge >= 0.3 is 11.9 Å².